The predicted octanol–water partition coefficient (Wildman–Crippen LogP) is 0.801. The number of hydrogen-bond acceptors (Lipinski definition) is 3. The van der Waals surface area contributed by atoms with E-state index >= 15 is 0 Å². The SMILES string of the molecule is O=C(O)CNC(=O)CNC(=O)Nc1cccc(Cl)c1F. The first-order valence-electron chi connectivity index (χ1n) is 5.37. The molecule has 0 saturated carbocycles. The van der Waals surface area contributed by atoms with Crippen LogP contribution in [0, 0.1) is 5.82 Å². The van der Waals surface area contributed by atoms with Crippen molar-refractivity contribution in [1.82, 2.24) is 10.6 Å². The van der Waals surface area contributed by atoms with E-state index in [0.29, 0.717) is 0 Å². The number of halogens is 2. The minimum absolute atomic E-state index is 0.138. The monoisotopic (exact) mass is 303 g/mol. The zero-order chi connectivity index (χ0) is 15.1. The maximum atomic E-state index is 13.5. The van der Waals surface area contributed by atoms with E-state index in [9.17, 15) is 18.8 Å². The molecular weight excluding hydrogens is 293 g/mol. The molecule has 3 amide bonds. The standard InChI is InChI=1S/C11H11ClFN3O4/c12-6-2-1-3-7(10(6)13)16-11(20)15-4-8(17)14-5-9(18)19/h1-3H,4-5H2,(H,14,17)(H,18,19)(H2,15,16,20). The van der Waals surface area contributed by atoms with E-state index in [2.05, 4.69) is 10.6 Å². The topological polar surface area (TPSA) is 108 Å². The molecule has 0 radical (unpaired) electrons. The van der Waals surface area contributed by atoms with Crippen molar-refractivity contribution in [1.29, 1.82) is 0 Å². The molecule has 0 aliphatic heterocycles. The number of carbonyl (C=O) groups excluding carboxylic acids is 2. The van der Waals surface area contributed by atoms with Crippen molar-refractivity contribution < 1.29 is 23.9 Å². The molecule has 0 spiro atoms. The molecule has 0 bridgehead atoms. The second-order valence-electron chi connectivity index (χ2n) is 3.58. The second-order valence-corrected chi connectivity index (χ2v) is 3.99. The highest BCUT2D eigenvalue weighted by Gasteiger charge is 2.10. The molecular formula is C11H11ClFN3O4. The van der Waals surface area contributed by atoms with Crippen molar-refractivity contribution in [2.45, 2.75) is 0 Å². The van der Waals surface area contributed by atoms with E-state index in [1.54, 1.807) is 0 Å². The van der Waals surface area contributed by atoms with Gasteiger partial charge in [0.1, 0.15) is 6.54 Å². The van der Waals surface area contributed by atoms with E-state index in [0.717, 1.165) is 0 Å². The third-order valence-corrected chi connectivity index (χ3v) is 2.34. The van der Waals surface area contributed by atoms with Crippen molar-refractivity contribution in [3.63, 3.8) is 0 Å². The predicted molar refractivity (Wildman–Crippen MR) is 69.1 cm³/mol. The van der Waals surface area contributed by atoms with Crippen LogP contribution in [0.15, 0.2) is 18.2 Å². The maximum Gasteiger partial charge on any atom is 0.322 e. The summed E-state index contributed by atoms with van der Waals surface area (Å²) in [5.74, 6) is -2.68. The van der Waals surface area contributed by atoms with Crippen LogP contribution >= 0.6 is 11.6 Å². The summed E-state index contributed by atoms with van der Waals surface area (Å²) >= 11 is 5.53. The molecule has 1 rings (SSSR count). The lowest BCUT2D eigenvalue weighted by molar-refractivity contribution is -0.137. The molecule has 0 fully saturated rings. The van der Waals surface area contributed by atoms with Crippen molar-refractivity contribution in [2.24, 2.45) is 0 Å². The van der Waals surface area contributed by atoms with Gasteiger partial charge in [0, 0.05) is 0 Å². The molecule has 0 saturated heterocycles. The second kappa shape index (κ2) is 7.29. The van der Waals surface area contributed by atoms with Gasteiger partial charge in [-0.05, 0) is 12.1 Å². The van der Waals surface area contributed by atoms with Crippen LogP contribution < -0.4 is 16.0 Å². The number of amides is 3. The summed E-state index contributed by atoms with van der Waals surface area (Å²) in [7, 11) is 0. The van der Waals surface area contributed by atoms with Gasteiger partial charge in [0.2, 0.25) is 5.91 Å². The molecule has 4 N–H and O–H groups in total. The van der Waals surface area contributed by atoms with E-state index in [-0.39, 0.29) is 10.7 Å². The summed E-state index contributed by atoms with van der Waals surface area (Å²) in [6.45, 7) is -0.994. The number of urea groups is 1. The smallest absolute Gasteiger partial charge is 0.322 e. The largest absolute Gasteiger partial charge is 0.480 e. The number of anilines is 1. The summed E-state index contributed by atoms with van der Waals surface area (Å²) in [5, 5.41) is 14.5. The number of rotatable bonds is 5. The number of carboxylic acid groups (broad SMARTS) is 1. The van der Waals surface area contributed by atoms with Gasteiger partial charge in [0.05, 0.1) is 17.3 Å². The van der Waals surface area contributed by atoms with Crippen LogP contribution in [0.4, 0.5) is 14.9 Å². The number of nitrogens with one attached hydrogen (secondary N) is 3. The molecule has 0 aromatic heterocycles. The number of hydrogen-bond donors (Lipinski definition) is 4. The number of aliphatic carboxylic acids is 1. The fourth-order valence-electron chi connectivity index (χ4n) is 1.16. The Morgan fingerprint density at radius 3 is 2.55 bits per heavy atom. The zero-order valence-electron chi connectivity index (χ0n) is 10.1. The van der Waals surface area contributed by atoms with E-state index in [4.69, 9.17) is 16.7 Å². The minimum atomic E-state index is -1.20. The van der Waals surface area contributed by atoms with Gasteiger partial charge in [-0.25, -0.2) is 9.18 Å². The van der Waals surface area contributed by atoms with Crippen LogP contribution in [0.5, 0.6) is 0 Å². The number of carboxylic acids is 1. The van der Waals surface area contributed by atoms with Gasteiger partial charge in [-0.2, -0.15) is 0 Å². The summed E-state index contributed by atoms with van der Waals surface area (Å²) in [5.41, 5.74) is -0.138. The van der Waals surface area contributed by atoms with Gasteiger partial charge in [-0.1, -0.05) is 17.7 Å². The average molecular weight is 304 g/mol. The van der Waals surface area contributed by atoms with Gasteiger partial charge < -0.3 is 21.1 Å². The first-order valence-corrected chi connectivity index (χ1v) is 5.75. The van der Waals surface area contributed by atoms with E-state index < -0.39 is 36.8 Å². The van der Waals surface area contributed by atoms with Crippen LogP contribution in [-0.4, -0.2) is 36.1 Å². The summed E-state index contributed by atoms with van der Waals surface area (Å²) in [6, 6.07) is 3.24. The highest BCUT2D eigenvalue weighted by Crippen LogP contribution is 2.21. The highest BCUT2D eigenvalue weighted by molar-refractivity contribution is 6.31. The first-order chi connectivity index (χ1) is 9.40. The van der Waals surface area contributed by atoms with Gasteiger partial charge in [0.25, 0.3) is 0 Å². The van der Waals surface area contributed by atoms with Crippen molar-refractivity contribution >= 4 is 35.2 Å². The zero-order valence-corrected chi connectivity index (χ0v) is 10.8. The van der Waals surface area contributed by atoms with E-state index in [1.807, 2.05) is 5.32 Å². The fourth-order valence-corrected chi connectivity index (χ4v) is 1.34. The van der Waals surface area contributed by atoms with Crippen molar-refractivity contribution in [3.05, 3.63) is 29.0 Å². The van der Waals surface area contributed by atoms with Gasteiger partial charge in [-0.3, -0.25) is 9.59 Å². The molecule has 0 aliphatic carbocycles. The minimum Gasteiger partial charge on any atom is -0.480 e. The van der Waals surface area contributed by atoms with Crippen molar-refractivity contribution in [3.8, 4) is 0 Å². The van der Waals surface area contributed by atoms with Crippen LogP contribution in [-0.2, 0) is 9.59 Å². The molecule has 0 aliphatic rings. The average Bonchev–Trinajstić information content (AvgIpc) is 2.39. The Balaban J connectivity index is 2.42. The Morgan fingerprint density at radius 2 is 1.90 bits per heavy atom. The molecule has 7 nitrogen and oxygen atoms in total. The Labute approximate surface area is 118 Å². The van der Waals surface area contributed by atoms with Crippen LogP contribution in [0.1, 0.15) is 0 Å². The molecule has 0 atom stereocenters. The third-order valence-electron chi connectivity index (χ3n) is 2.05. The van der Waals surface area contributed by atoms with Crippen molar-refractivity contribution in [2.75, 3.05) is 18.4 Å². The number of carbonyl (C=O) groups is 3. The summed E-state index contributed by atoms with van der Waals surface area (Å²) < 4.78 is 13.5. The molecule has 20 heavy (non-hydrogen) atoms. The third kappa shape index (κ3) is 5.11. The van der Waals surface area contributed by atoms with E-state index in [1.165, 1.54) is 18.2 Å². The molecule has 0 heterocycles. The first kappa shape index (κ1) is 15.7. The molecule has 1 aromatic rings. The highest BCUT2D eigenvalue weighted by atomic mass is 35.5. The fraction of sp³-hybridized carbons (Fsp3) is 0.182. The van der Waals surface area contributed by atoms with Gasteiger partial charge in [-0.15, -0.1) is 0 Å². The Hall–Kier alpha value is -2.35. The van der Waals surface area contributed by atoms with Gasteiger partial charge in [0.15, 0.2) is 5.82 Å². The van der Waals surface area contributed by atoms with Crippen LogP contribution in [0.3, 0.4) is 0 Å². The maximum absolute atomic E-state index is 13.5. The molecule has 108 valence electrons. The lowest BCUT2D eigenvalue weighted by Crippen LogP contribution is -2.40. The Kier molecular flexibility index (Phi) is 5.73. The van der Waals surface area contributed by atoms with Crippen LogP contribution in [0.2, 0.25) is 5.02 Å². The summed E-state index contributed by atoms with van der Waals surface area (Å²) in [4.78, 5) is 32.7. The summed E-state index contributed by atoms with van der Waals surface area (Å²) in [6.07, 6.45) is 0. The molecule has 9 heteroatoms. The Morgan fingerprint density at radius 1 is 1.20 bits per heavy atom. The quantitative estimate of drug-likeness (QED) is 0.645. The lowest BCUT2D eigenvalue weighted by Gasteiger charge is -2.08. The lowest BCUT2D eigenvalue weighted by atomic mass is 10.3. The normalized spacial score (nSPS) is 9.70. The molecule has 0 unspecified atom stereocenters. The van der Waals surface area contributed by atoms with Gasteiger partial charge >= 0.3 is 12.0 Å². The van der Waals surface area contributed by atoms with Crippen LogP contribution in [0.25, 0.3) is 0 Å². The Bertz CT molecular complexity index is 538. The molecule has 1 aromatic carbocycles. The number of benzene rings is 1.